The van der Waals surface area contributed by atoms with Crippen LogP contribution in [0.25, 0.3) is 6.08 Å². The third-order valence-corrected chi connectivity index (χ3v) is 8.06. The molecule has 2 aliphatic heterocycles. The molecule has 2 aromatic rings. The van der Waals surface area contributed by atoms with Gasteiger partial charge in [0.25, 0.3) is 5.91 Å². The van der Waals surface area contributed by atoms with Gasteiger partial charge in [-0.1, -0.05) is 11.3 Å². The summed E-state index contributed by atoms with van der Waals surface area (Å²) in [7, 11) is 2.16. The van der Waals surface area contributed by atoms with E-state index in [1.54, 1.807) is 12.3 Å². The van der Waals surface area contributed by atoms with Gasteiger partial charge in [-0.25, -0.2) is 9.98 Å². The van der Waals surface area contributed by atoms with Crippen LogP contribution < -0.4 is 15.4 Å². The standard InChI is InChI=1S/C25H30N6O3S2/c1-16-13-18(34-12-11-31-9-7-30(2)8-10-31)5-6-20(16)27-25-29-23(33)21(36-25)14-19-15-26-24(35-19)28-22(32)17-3-4-17/h5-6,13-15,17H,3-4,7-12H2,1-2H3,(H,26,28,32)(H,27,29,33). The number of amides is 2. The number of ether oxygens (including phenoxy) is 1. The molecule has 2 N–H and O–H groups in total. The fourth-order valence-corrected chi connectivity index (χ4v) is 5.55. The van der Waals surface area contributed by atoms with Crippen LogP contribution >= 0.6 is 23.1 Å². The van der Waals surface area contributed by atoms with E-state index in [0.717, 1.165) is 67.4 Å². The number of rotatable bonds is 8. The van der Waals surface area contributed by atoms with Gasteiger partial charge in [0.15, 0.2) is 10.3 Å². The van der Waals surface area contributed by atoms with Crippen LogP contribution in [0.5, 0.6) is 5.75 Å². The molecule has 9 nitrogen and oxygen atoms in total. The molecule has 1 aromatic carbocycles. The van der Waals surface area contributed by atoms with Gasteiger partial charge in [-0.15, -0.1) is 0 Å². The zero-order valence-corrected chi connectivity index (χ0v) is 22.1. The zero-order valence-electron chi connectivity index (χ0n) is 20.5. The number of aromatic nitrogens is 1. The first kappa shape index (κ1) is 24.9. The van der Waals surface area contributed by atoms with Crippen molar-refractivity contribution in [1.82, 2.24) is 20.1 Å². The smallest absolute Gasteiger partial charge is 0.264 e. The van der Waals surface area contributed by atoms with Crippen molar-refractivity contribution in [2.75, 3.05) is 51.7 Å². The van der Waals surface area contributed by atoms with E-state index in [0.29, 0.717) is 21.8 Å². The predicted molar refractivity (Wildman–Crippen MR) is 145 cm³/mol. The molecule has 2 saturated heterocycles. The van der Waals surface area contributed by atoms with Crippen LogP contribution in [-0.4, -0.2) is 78.1 Å². The topological polar surface area (TPSA) is 99.2 Å². The number of anilines is 1. The number of hydrogen-bond acceptors (Lipinski definition) is 9. The second kappa shape index (κ2) is 11.1. The Labute approximate surface area is 219 Å². The van der Waals surface area contributed by atoms with Gasteiger partial charge < -0.3 is 20.3 Å². The summed E-state index contributed by atoms with van der Waals surface area (Å²) in [5.41, 5.74) is 1.76. The van der Waals surface area contributed by atoms with Crippen molar-refractivity contribution in [3.63, 3.8) is 0 Å². The molecule has 0 bridgehead atoms. The van der Waals surface area contributed by atoms with Crippen LogP contribution in [0.2, 0.25) is 0 Å². The van der Waals surface area contributed by atoms with Gasteiger partial charge in [0.05, 0.1) is 15.5 Å². The number of carbonyl (C=O) groups is 2. The van der Waals surface area contributed by atoms with E-state index < -0.39 is 0 Å². The van der Waals surface area contributed by atoms with Crippen LogP contribution in [0.15, 0.2) is 34.3 Å². The number of piperazine rings is 1. The van der Waals surface area contributed by atoms with Crippen LogP contribution in [0, 0.1) is 12.8 Å². The predicted octanol–water partition coefficient (Wildman–Crippen LogP) is 3.32. The number of amidine groups is 1. The van der Waals surface area contributed by atoms with Crippen LogP contribution in [0.4, 0.5) is 10.8 Å². The second-order valence-corrected chi connectivity index (χ2v) is 11.3. The molecule has 11 heteroatoms. The Bertz CT molecular complexity index is 1200. The number of thiazole rings is 1. The maximum atomic E-state index is 12.5. The van der Waals surface area contributed by atoms with Crippen LogP contribution in [-0.2, 0) is 9.59 Å². The summed E-state index contributed by atoms with van der Waals surface area (Å²) >= 11 is 2.64. The molecule has 1 saturated carbocycles. The Hall–Kier alpha value is -2.73. The number of nitrogens with one attached hydrogen (secondary N) is 2. The van der Waals surface area contributed by atoms with E-state index in [2.05, 4.69) is 37.5 Å². The number of hydrogen-bond donors (Lipinski definition) is 2. The number of thioether (sulfide) groups is 1. The summed E-state index contributed by atoms with van der Waals surface area (Å²) in [4.78, 5) is 39.4. The molecule has 3 heterocycles. The number of aryl methyl sites for hydroxylation is 1. The lowest BCUT2D eigenvalue weighted by atomic mass is 10.2. The lowest BCUT2D eigenvalue weighted by molar-refractivity contribution is -0.117. The third-order valence-electron chi connectivity index (χ3n) is 6.29. The Balaban J connectivity index is 1.16. The van der Waals surface area contributed by atoms with Crippen molar-refractivity contribution >= 4 is 57.0 Å². The first-order chi connectivity index (χ1) is 17.4. The maximum Gasteiger partial charge on any atom is 0.264 e. The van der Waals surface area contributed by atoms with E-state index in [4.69, 9.17) is 4.74 Å². The number of nitrogens with zero attached hydrogens (tertiary/aromatic N) is 4. The van der Waals surface area contributed by atoms with Crippen molar-refractivity contribution in [1.29, 1.82) is 0 Å². The average molecular weight is 527 g/mol. The van der Waals surface area contributed by atoms with Gasteiger partial charge in [-0.05, 0) is 68.4 Å². The van der Waals surface area contributed by atoms with Crippen molar-refractivity contribution in [2.24, 2.45) is 10.9 Å². The largest absolute Gasteiger partial charge is 0.492 e. The fourth-order valence-electron chi connectivity index (χ4n) is 3.89. The molecule has 3 aliphatic rings. The molecule has 0 unspecified atom stereocenters. The Morgan fingerprint density at radius 1 is 1.31 bits per heavy atom. The van der Waals surface area contributed by atoms with E-state index in [1.807, 2.05) is 25.1 Å². The van der Waals surface area contributed by atoms with Crippen LogP contribution in [0.3, 0.4) is 0 Å². The van der Waals surface area contributed by atoms with E-state index in [1.165, 1.54) is 23.1 Å². The molecule has 0 radical (unpaired) electrons. The lowest BCUT2D eigenvalue weighted by Crippen LogP contribution is -2.45. The molecule has 2 amide bonds. The quantitative estimate of drug-likeness (QED) is 0.509. The normalized spacial score (nSPS) is 21.2. The molecule has 5 rings (SSSR count). The summed E-state index contributed by atoms with van der Waals surface area (Å²) in [5.74, 6) is 0.769. The minimum Gasteiger partial charge on any atom is -0.492 e. The molecular weight excluding hydrogens is 496 g/mol. The number of carbonyl (C=O) groups excluding carboxylic acids is 2. The Morgan fingerprint density at radius 3 is 2.86 bits per heavy atom. The van der Waals surface area contributed by atoms with E-state index in [-0.39, 0.29) is 17.7 Å². The minimum atomic E-state index is -0.197. The highest BCUT2D eigenvalue weighted by molar-refractivity contribution is 8.18. The highest BCUT2D eigenvalue weighted by atomic mass is 32.2. The summed E-state index contributed by atoms with van der Waals surface area (Å²) in [5, 5.41) is 6.75. The Morgan fingerprint density at radius 2 is 2.11 bits per heavy atom. The number of benzene rings is 1. The highest BCUT2D eigenvalue weighted by Crippen LogP contribution is 2.33. The zero-order chi connectivity index (χ0) is 25.1. The molecule has 3 fully saturated rings. The van der Waals surface area contributed by atoms with Crippen molar-refractivity contribution in [3.8, 4) is 5.75 Å². The summed E-state index contributed by atoms with van der Waals surface area (Å²) in [6, 6.07) is 5.82. The number of aliphatic imine (C=N–C) groups is 1. The van der Waals surface area contributed by atoms with Gasteiger partial charge in [0.2, 0.25) is 5.91 Å². The molecule has 36 heavy (non-hydrogen) atoms. The average Bonchev–Trinajstić information content (AvgIpc) is 3.53. The SMILES string of the molecule is Cc1cc(OCCN2CCN(C)CC2)ccc1N=C1NC(=O)C(=Cc2cnc(NC(=O)C3CC3)s2)S1. The van der Waals surface area contributed by atoms with Gasteiger partial charge >= 0.3 is 0 Å². The summed E-state index contributed by atoms with van der Waals surface area (Å²) in [6.45, 7) is 7.92. The molecule has 1 aliphatic carbocycles. The first-order valence-corrected chi connectivity index (χ1v) is 13.8. The molecule has 1 aromatic heterocycles. The molecular formula is C25H30N6O3S2. The molecule has 0 atom stereocenters. The maximum absolute atomic E-state index is 12.5. The van der Waals surface area contributed by atoms with E-state index in [9.17, 15) is 9.59 Å². The fraction of sp³-hybridized carbons (Fsp3) is 0.440. The third kappa shape index (κ3) is 6.52. The van der Waals surface area contributed by atoms with E-state index >= 15 is 0 Å². The van der Waals surface area contributed by atoms with Crippen molar-refractivity contribution < 1.29 is 14.3 Å². The Kier molecular flexibility index (Phi) is 7.70. The summed E-state index contributed by atoms with van der Waals surface area (Å²) in [6.07, 6.45) is 5.32. The molecule has 0 spiro atoms. The van der Waals surface area contributed by atoms with Gasteiger partial charge in [-0.3, -0.25) is 14.5 Å². The minimum absolute atomic E-state index is 0.0211. The number of likely N-dealkylation sites (N-methyl/N-ethyl adjacent to an activating group) is 1. The second-order valence-electron chi connectivity index (χ2n) is 9.25. The van der Waals surface area contributed by atoms with Gasteiger partial charge in [0, 0.05) is 44.8 Å². The van der Waals surface area contributed by atoms with Crippen molar-refractivity contribution in [2.45, 2.75) is 19.8 Å². The van der Waals surface area contributed by atoms with Crippen LogP contribution in [0.1, 0.15) is 23.3 Å². The van der Waals surface area contributed by atoms with Gasteiger partial charge in [-0.2, -0.15) is 0 Å². The van der Waals surface area contributed by atoms with Crippen molar-refractivity contribution in [3.05, 3.63) is 39.7 Å². The first-order valence-electron chi connectivity index (χ1n) is 12.1. The van der Waals surface area contributed by atoms with Gasteiger partial charge in [0.1, 0.15) is 12.4 Å². The summed E-state index contributed by atoms with van der Waals surface area (Å²) < 4.78 is 5.97. The lowest BCUT2D eigenvalue weighted by Gasteiger charge is -2.32. The monoisotopic (exact) mass is 526 g/mol. The molecule has 190 valence electrons. The highest BCUT2D eigenvalue weighted by Gasteiger charge is 2.30.